The van der Waals surface area contributed by atoms with Gasteiger partial charge in [-0.25, -0.2) is 0 Å². The van der Waals surface area contributed by atoms with Crippen LogP contribution in [0.15, 0.2) is 48.5 Å². The van der Waals surface area contributed by atoms with E-state index in [1.54, 1.807) is 31.4 Å². The van der Waals surface area contributed by atoms with Crippen LogP contribution < -0.4 is 15.0 Å². The summed E-state index contributed by atoms with van der Waals surface area (Å²) in [7, 11) is 1.60. The molecule has 0 spiro atoms. The SMILES string of the molecule is CCN(CC)CC1(c2ccc(N3CC(CNC(=O)c4ccc(OC)cc4)CC3=O)cc2)CC1. The molecule has 2 aliphatic rings. The highest BCUT2D eigenvalue weighted by Crippen LogP contribution is 2.49. The molecular weight excluding hydrogens is 414 g/mol. The number of carbonyl (C=O) groups excluding carboxylic acids is 2. The molecule has 2 amide bonds. The Hall–Kier alpha value is -2.86. The number of benzene rings is 2. The molecule has 1 unspecified atom stereocenters. The fraction of sp³-hybridized carbons (Fsp3) is 0.481. The molecule has 1 atom stereocenters. The lowest BCUT2D eigenvalue weighted by atomic mass is 9.95. The second-order valence-corrected chi connectivity index (χ2v) is 9.30. The Balaban J connectivity index is 1.33. The van der Waals surface area contributed by atoms with Crippen molar-refractivity contribution in [2.24, 2.45) is 5.92 Å². The Kier molecular flexibility index (Phi) is 7.03. The van der Waals surface area contributed by atoms with Gasteiger partial charge in [-0.15, -0.1) is 0 Å². The van der Waals surface area contributed by atoms with E-state index in [4.69, 9.17) is 4.74 Å². The molecule has 0 radical (unpaired) electrons. The van der Waals surface area contributed by atoms with E-state index in [1.807, 2.05) is 4.90 Å². The van der Waals surface area contributed by atoms with Crippen molar-refractivity contribution in [1.82, 2.24) is 10.2 Å². The van der Waals surface area contributed by atoms with E-state index in [2.05, 4.69) is 48.3 Å². The number of ether oxygens (including phenoxy) is 1. The number of hydrogen-bond acceptors (Lipinski definition) is 4. The number of amides is 2. The number of carbonyl (C=O) groups is 2. The third kappa shape index (κ3) is 5.22. The smallest absolute Gasteiger partial charge is 0.251 e. The van der Waals surface area contributed by atoms with E-state index in [-0.39, 0.29) is 23.1 Å². The number of nitrogens with zero attached hydrogens (tertiary/aromatic N) is 2. The summed E-state index contributed by atoms with van der Waals surface area (Å²) < 4.78 is 5.14. The molecule has 1 heterocycles. The number of anilines is 1. The largest absolute Gasteiger partial charge is 0.497 e. The van der Waals surface area contributed by atoms with Crippen molar-refractivity contribution < 1.29 is 14.3 Å². The van der Waals surface area contributed by atoms with Crippen LogP contribution in [0.1, 0.15) is 49.0 Å². The first-order valence-corrected chi connectivity index (χ1v) is 12.0. The minimum absolute atomic E-state index is 0.108. The molecule has 1 saturated carbocycles. The molecule has 1 N–H and O–H groups in total. The van der Waals surface area contributed by atoms with Crippen LogP contribution in [0.3, 0.4) is 0 Å². The second kappa shape index (κ2) is 9.96. The number of likely N-dealkylation sites (N-methyl/N-ethyl adjacent to an activating group) is 1. The molecule has 176 valence electrons. The van der Waals surface area contributed by atoms with E-state index in [9.17, 15) is 9.59 Å². The Labute approximate surface area is 196 Å². The lowest BCUT2D eigenvalue weighted by Crippen LogP contribution is -2.32. The van der Waals surface area contributed by atoms with E-state index < -0.39 is 0 Å². The summed E-state index contributed by atoms with van der Waals surface area (Å²) in [5.41, 5.74) is 3.21. The highest BCUT2D eigenvalue weighted by Gasteiger charge is 2.45. The normalized spacial score (nSPS) is 19.1. The van der Waals surface area contributed by atoms with Gasteiger partial charge in [-0.3, -0.25) is 9.59 Å². The van der Waals surface area contributed by atoms with Crippen molar-refractivity contribution in [3.05, 3.63) is 59.7 Å². The van der Waals surface area contributed by atoms with Crippen LogP contribution in [0.2, 0.25) is 0 Å². The molecule has 1 aliphatic heterocycles. The van der Waals surface area contributed by atoms with Gasteiger partial charge in [-0.05, 0) is 67.9 Å². The monoisotopic (exact) mass is 449 g/mol. The zero-order valence-electron chi connectivity index (χ0n) is 20.0. The topological polar surface area (TPSA) is 61.9 Å². The van der Waals surface area contributed by atoms with Gasteiger partial charge in [0.2, 0.25) is 5.91 Å². The van der Waals surface area contributed by atoms with Crippen LogP contribution in [0.4, 0.5) is 5.69 Å². The van der Waals surface area contributed by atoms with Gasteiger partial charge in [0.05, 0.1) is 7.11 Å². The van der Waals surface area contributed by atoms with Crippen molar-refractivity contribution >= 4 is 17.5 Å². The highest BCUT2D eigenvalue weighted by atomic mass is 16.5. The maximum atomic E-state index is 12.7. The minimum Gasteiger partial charge on any atom is -0.497 e. The Morgan fingerprint density at radius 1 is 1.09 bits per heavy atom. The van der Waals surface area contributed by atoms with Gasteiger partial charge in [0.25, 0.3) is 5.91 Å². The van der Waals surface area contributed by atoms with Gasteiger partial charge in [-0.1, -0.05) is 26.0 Å². The zero-order chi connectivity index (χ0) is 23.4. The summed E-state index contributed by atoms with van der Waals surface area (Å²) in [6.45, 7) is 8.82. The molecule has 0 bridgehead atoms. The number of rotatable bonds is 10. The van der Waals surface area contributed by atoms with Crippen molar-refractivity contribution in [2.75, 3.05) is 44.7 Å². The summed E-state index contributed by atoms with van der Waals surface area (Å²) in [5.74, 6) is 0.818. The first-order valence-electron chi connectivity index (χ1n) is 12.0. The van der Waals surface area contributed by atoms with E-state index in [0.717, 1.165) is 31.1 Å². The standard InChI is InChI=1S/C27H35N3O3/c1-4-29(5-2)19-27(14-15-27)22-8-10-23(11-9-22)30-18-20(16-25(30)31)17-28-26(32)21-6-12-24(33-3)13-7-21/h6-13,20H,4-5,14-19H2,1-3H3,(H,28,32). The first-order chi connectivity index (χ1) is 16.0. The van der Waals surface area contributed by atoms with Gasteiger partial charge >= 0.3 is 0 Å². The molecule has 4 rings (SSSR count). The molecule has 2 aromatic rings. The molecule has 6 nitrogen and oxygen atoms in total. The van der Waals surface area contributed by atoms with Gasteiger partial charge in [0, 0.05) is 48.6 Å². The molecule has 0 aromatic heterocycles. The predicted molar refractivity (Wildman–Crippen MR) is 131 cm³/mol. The number of methoxy groups -OCH3 is 1. The van der Waals surface area contributed by atoms with Crippen LogP contribution in [0, 0.1) is 5.92 Å². The fourth-order valence-corrected chi connectivity index (χ4v) is 4.81. The maximum absolute atomic E-state index is 12.7. The van der Waals surface area contributed by atoms with Crippen molar-refractivity contribution in [3.8, 4) is 5.75 Å². The second-order valence-electron chi connectivity index (χ2n) is 9.30. The van der Waals surface area contributed by atoms with E-state index in [1.165, 1.54) is 18.4 Å². The lowest BCUT2D eigenvalue weighted by molar-refractivity contribution is -0.117. The number of hydrogen-bond donors (Lipinski definition) is 1. The molecule has 2 fully saturated rings. The van der Waals surface area contributed by atoms with Crippen LogP contribution >= 0.6 is 0 Å². The van der Waals surface area contributed by atoms with Crippen molar-refractivity contribution in [2.45, 2.75) is 38.5 Å². The number of nitrogens with one attached hydrogen (secondary N) is 1. The van der Waals surface area contributed by atoms with E-state index in [0.29, 0.717) is 25.1 Å². The van der Waals surface area contributed by atoms with Gasteiger partial charge in [-0.2, -0.15) is 0 Å². The summed E-state index contributed by atoms with van der Waals surface area (Å²) in [6, 6.07) is 15.6. The predicted octanol–water partition coefficient (Wildman–Crippen LogP) is 3.85. The van der Waals surface area contributed by atoms with Crippen LogP contribution in [0.25, 0.3) is 0 Å². The molecule has 2 aromatic carbocycles. The summed E-state index contributed by atoms with van der Waals surface area (Å²) in [4.78, 5) is 29.5. The summed E-state index contributed by atoms with van der Waals surface area (Å²) in [6.07, 6.45) is 2.93. The Bertz CT molecular complexity index is 963. The third-order valence-corrected chi connectivity index (χ3v) is 7.17. The van der Waals surface area contributed by atoms with Crippen molar-refractivity contribution in [1.29, 1.82) is 0 Å². The van der Waals surface area contributed by atoms with Crippen LogP contribution in [0.5, 0.6) is 5.75 Å². The fourth-order valence-electron chi connectivity index (χ4n) is 4.81. The molecule has 1 saturated heterocycles. The maximum Gasteiger partial charge on any atom is 0.251 e. The van der Waals surface area contributed by atoms with Gasteiger partial charge in [0.1, 0.15) is 5.75 Å². The average molecular weight is 450 g/mol. The van der Waals surface area contributed by atoms with Crippen LogP contribution in [-0.2, 0) is 10.2 Å². The summed E-state index contributed by atoms with van der Waals surface area (Å²) >= 11 is 0. The highest BCUT2D eigenvalue weighted by molar-refractivity contribution is 5.96. The Morgan fingerprint density at radius 2 is 1.76 bits per heavy atom. The van der Waals surface area contributed by atoms with Crippen molar-refractivity contribution in [3.63, 3.8) is 0 Å². The zero-order valence-corrected chi connectivity index (χ0v) is 20.0. The third-order valence-electron chi connectivity index (χ3n) is 7.17. The lowest BCUT2D eigenvalue weighted by Gasteiger charge is -2.26. The Morgan fingerprint density at radius 3 is 2.33 bits per heavy atom. The van der Waals surface area contributed by atoms with Gasteiger partial charge in [0.15, 0.2) is 0 Å². The van der Waals surface area contributed by atoms with E-state index >= 15 is 0 Å². The summed E-state index contributed by atoms with van der Waals surface area (Å²) in [5, 5.41) is 2.97. The molecule has 33 heavy (non-hydrogen) atoms. The quantitative estimate of drug-likeness (QED) is 0.599. The van der Waals surface area contributed by atoms with Crippen LogP contribution in [-0.4, -0.2) is 56.5 Å². The minimum atomic E-state index is -0.129. The van der Waals surface area contributed by atoms with Gasteiger partial charge < -0.3 is 19.9 Å². The average Bonchev–Trinajstić information content (AvgIpc) is 3.55. The molecule has 6 heteroatoms. The molecule has 1 aliphatic carbocycles. The first kappa shape index (κ1) is 23.3. The molecular formula is C27H35N3O3.